The molecule has 4 nitrogen and oxygen atoms in total. The zero-order valence-corrected chi connectivity index (χ0v) is 12.7. The van der Waals surface area contributed by atoms with Crippen LogP contribution in [0.15, 0.2) is 12.1 Å². The molecule has 1 aliphatic rings. The first-order chi connectivity index (χ1) is 9.70. The van der Waals surface area contributed by atoms with E-state index in [1.54, 1.807) is 12.1 Å². The van der Waals surface area contributed by atoms with E-state index in [1.165, 1.54) is 19.3 Å². The molecule has 2 N–H and O–H groups in total. The topological polar surface area (TPSA) is 54.0 Å². The lowest BCUT2D eigenvalue weighted by molar-refractivity contribution is 0.0928. The Labute approximate surface area is 125 Å². The minimum Gasteiger partial charge on any atom is -0.369 e. The Hall–Kier alpha value is -1.29. The van der Waals surface area contributed by atoms with Gasteiger partial charge in [0.05, 0.1) is 5.56 Å². The first-order valence-electron chi connectivity index (χ1n) is 7.42. The number of halogens is 1. The lowest BCUT2D eigenvalue weighted by Crippen LogP contribution is -2.36. The summed E-state index contributed by atoms with van der Waals surface area (Å²) in [5.41, 5.74) is 0.577. The highest BCUT2D eigenvalue weighted by Gasteiger charge is 2.19. The number of aromatic nitrogens is 1. The van der Waals surface area contributed by atoms with Crippen LogP contribution in [0.2, 0.25) is 5.15 Å². The Morgan fingerprint density at radius 2 is 2.10 bits per heavy atom. The number of hydrogen-bond acceptors (Lipinski definition) is 3. The van der Waals surface area contributed by atoms with Crippen molar-refractivity contribution in [2.75, 3.05) is 11.9 Å². The van der Waals surface area contributed by atoms with Crippen molar-refractivity contribution < 1.29 is 4.79 Å². The van der Waals surface area contributed by atoms with Crippen LogP contribution >= 0.6 is 11.6 Å². The van der Waals surface area contributed by atoms with Crippen LogP contribution < -0.4 is 10.6 Å². The number of anilines is 1. The Kier molecular flexibility index (Phi) is 5.65. The molecule has 1 saturated carbocycles. The van der Waals surface area contributed by atoms with Gasteiger partial charge in [0.15, 0.2) is 0 Å². The molecule has 1 heterocycles. The number of nitrogens with one attached hydrogen (secondary N) is 2. The van der Waals surface area contributed by atoms with Gasteiger partial charge in [-0.1, -0.05) is 37.8 Å². The average molecular weight is 296 g/mol. The van der Waals surface area contributed by atoms with Gasteiger partial charge in [-0.3, -0.25) is 4.79 Å². The maximum absolute atomic E-state index is 12.4. The molecule has 110 valence electrons. The van der Waals surface area contributed by atoms with Crippen molar-refractivity contribution in [3.8, 4) is 0 Å². The zero-order valence-electron chi connectivity index (χ0n) is 11.9. The Balaban J connectivity index is 2.07. The fraction of sp³-hybridized carbons (Fsp3) is 0.600. The molecular formula is C15H22ClN3O. The Morgan fingerprint density at radius 1 is 1.35 bits per heavy atom. The SMILES string of the molecule is CCCNc1nc(Cl)ccc1C(=O)NC1CCCCC1. The third-order valence-electron chi connectivity index (χ3n) is 3.59. The monoisotopic (exact) mass is 295 g/mol. The number of amides is 1. The smallest absolute Gasteiger partial charge is 0.255 e. The highest BCUT2D eigenvalue weighted by molar-refractivity contribution is 6.29. The summed E-state index contributed by atoms with van der Waals surface area (Å²) in [7, 11) is 0. The third-order valence-corrected chi connectivity index (χ3v) is 3.80. The summed E-state index contributed by atoms with van der Waals surface area (Å²) < 4.78 is 0. The maximum atomic E-state index is 12.4. The summed E-state index contributed by atoms with van der Waals surface area (Å²) >= 11 is 5.91. The average Bonchev–Trinajstić information content (AvgIpc) is 2.46. The van der Waals surface area contributed by atoms with Crippen LogP contribution in [0, 0.1) is 0 Å². The standard InChI is InChI=1S/C15H22ClN3O/c1-2-10-17-14-12(8-9-13(16)19-14)15(20)18-11-6-4-3-5-7-11/h8-9,11H,2-7,10H2,1H3,(H,17,19)(H,18,20). The maximum Gasteiger partial charge on any atom is 0.255 e. The number of carbonyl (C=O) groups is 1. The van der Waals surface area contributed by atoms with E-state index < -0.39 is 0 Å². The van der Waals surface area contributed by atoms with Crippen LogP contribution in [-0.4, -0.2) is 23.5 Å². The van der Waals surface area contributed by atoms with Gasteiger partial charge in [0.2, 0.25) is 0 Å². The summed E-state index contributed by atoms with van der Waals surface area (Å²) in [5, 5.41) is 6.68. The summed E-state index contributed by atoms with van der Waals surface area (Å²) in [6.07, 6.45) is 6.79. The number of rotatable bonds is 5. The molecule has 0 spiro atoms. The van der Waals surface area contributed by atoms with Crippen molar-refractivity contribution in [3.05, 3.63) is 22.8 Å². The van der Waals surface area contributed by atoms with Gasteiger partial charge in [-0.15, -0.1) is 0 Å². The van der Waals surface area contributed by atoms with E-state index in [4.69, 9.17) is 11.6 Å². The lowest BCUT2D eigenvalue weighted by atomic mass is 9.95. The second-order valence-electron chi connectivity index (χ2n) is 5.27. The van der Waals surface area contributed by atoms with Crippen LogP contribution in [-0.2, 0) is 0 Å². The molecule has 0 aromatic carbocycles. The van der Waals surface area contributed by atoms with E-state index in [0.717, 1.165) is 25.8 Å². The molecule has 1 aromatic heterocycles. The molecule has 1 fully saturated rings. The first kappa shape index (κ1) is 15.1. The van der Waals surface area contributed by atoms with Gasteiger partial charge in [-0.25, -0.2) is 4.98 Å². The fourth-order valence-corrected chi connectivity index (χ4v) is 2.65. The Morgan fingerprint density at radius 3 is 2.80 bits per heavy atom. The lowest BCUT2D eigenvalue weighted by Gasteiger charge is -2.23. The molecule has 1 aromatic rings. The van der Waals surface area contributed by atoms with Gasteiger partial charge in [0.1, 0.15) is 11.0 Å². The van der Waals surface area contributed by atoms with E-state index in [2.05, 4.69) is 22.5 Å². The zero-order chi connectivity index (χ0) is 14.4. The van der Waals surface area contributed by atoms with Crippen LogP contribution in [0.1, 0.15) is 55.8 Å². The van der Waals surface area contributed by atoms with E-state index >= 15 is 0 Å². The van der Waals surface area contributed by atoms with Crippen molar-refractivity contribution in [2.45, 2.75) is 51.5 Å². The van der Waals surface area contributed by atoms with Gasteiger partial charge in [-0.05, 0) is 31.4 Å². The van der Waals surface area contributed by atoms with Crippen LogP contribution in [0.3, 0.4) is 0 Å². The number of nitrogens with zero attached hydrogens (tertiary/aromatic N) is 1. The number of pyridine rings is 1. The van der Waals surface area contributed by atoms with Crippen LogP contribution in [0.25, 0.3) is 0 Å². The fourth-order valence-electron chi connectivity index (χ4n) is 2.51. The van der Waals surface area contributed by atoms with Gasteiger partial charge in [-0.2, -0.15) is 0 Å². The molecule has 0 unspecified atom stereocenters. The first-order valence-corrected chi connectivity index (χ1v) is 7.79. The van der Waals surface area contributed by atoms with E-state index in [-0.39, 0.29) is 5.91 Å². The van der Waals surface area contributed by atoms with Crippen molar-refractivity contribution in [1.29, 1.82) is 0 Å². The van der Waals surface area contributed by atoms with Crippen LogP contribution in [0.5, 0.6) is 0 Å². The highest BCUT2D eigenvalue weighted by atomic mass is 35.5. The third kappa shape index (κ3) is 4.10. The summed E-state index contributed by atoms with van der Waals surface area (Å²) in [4.78, 5) is 16.6. The molecule has 0 atom stereocenters. The van der Waals surface area contributed by atoms with E-state index in [9.17, 15) is 4.79 Å². The molecule has 0 radical (unpaired) electrons. The minimum absolute atomic E-state index is 0.0559. The predicted molar refractivity (Wildman–Crippen MR) is 82.4 cm³/mol. The number of carbonyl (C=O) groups excluding carboxylic acids is 1. The van der Waals surface area contributed by atoms with Gasteiger partial charge < -0.3 is 10.6 Å². The normalized spacial score (nSPS) is 15.9. The van der Waals surface area contributed by atoms with Gasteiger partial charge >= 0.3 is 0 Å². The van der Waals surface area contributed by atoms with Crippen molar-refractivity contribution in [3.63, 3.8) is 0 Å². The quantitative estimate of drug-likeness (QED) is 0.816. The summed E-state index contributed by atoms with van der Waals surface area (Å²) in [6, 6.07) is 3.70. The van der Waals surface area contributed by atoms with Crippen molar-refractivity contribution >= 4 is 23.3 Å². The van der Waals surface area contributed by atoms with Crippen molar-refractivity contribution in [1.82, 2.24) is 10.3 Å². The van der Waals surface area contributed by atoms with E-state index in [1.807, 2.05) is 0 Å². The molecule has 2 rings (SSSR count). The van der Waals surface area contributed by atoms with Gasteiger partial charge in [0.25, 0.3) is 5.91 Å². The second kappa shape index (κ2) is 7.48. The molecular weight excluding hydrogens is 274 g/mol. The highest BCUT2D eigenvalue weighted by Crippen LogP contribution is 2.20. The van der Waals surface area contributed by atoms with Gasteiger partial charge in [0, 0.05) is 12.6 Å². The van der Waals surface area contributed by atoms with Crippen LogP contribution in [0.4, 0.5) is 5.82 Å². The minimum atomic E-state index is -0.0559. The second-order valence-corrected chi connectivity index (χ2v) is 5.65. The molecule has 0 aliphatic heterocycles. The number of hydrogen-bond donors (Lipinski definition) is 2. The predicted octanol–water partition coefficient (Wildman–Crippen LogP) is 3.62. The molecule has 0 bridgehead atoms. The largest absolute Gasteiger partial charge is 0.369 e. The molecule has 0 saturated heterocycles. The Bertz CT molecular complexity index is 458. The van der Waals surface area contributed by atoms with E-state index in [0.29, 0.717) is 22.6 Å². The summed E-state index contributed by atoms with van der Waals surface area (Å²) in [6.45, 7) is 2.84. The van der Waals surface area contributed by atoms with Crippen molar-refractivity contribution in [2.24, 2.45) is 0 Å². The summed E-state index contributed by atoms with van der Waals surface area (Å²) in [5.74, 6) is 0.521. The molecule has 1 aliphatic carbocycles. The molecule has 5 heteroatoms. The molecule has 20 heavy (non-hydrogen) atoms. The molecule has 1 amide bonds.